The van der Waals surface area contributed by atoms with Gasteiger partial charge in [0.1, 0.15) is 0 Å². The van der Waals surface area contributed by atoms with E-state index in [1.165, 1.54) is 35.7 Å². The number of benzene rings is 1. The molecule has 20 heavy (non-hydrogen) atoms. The molecule has 2 rings (SSSR count). The van der Waals surface area contributed by atoms with Crippen LogP contribution < -0.4 is 5.32 Å². The maximum atomic E-state index is 12.4. The quantitative estimate of drug-likeness (QED) is 0.817. The average molecular weight is 298 g/mol. The number of hydrogen-bond acceptors (Lipinski definition) is 5. The summed E-state index contributed by atoms with van der Waals surface area (Å²) in [7, 11) is -0.378. The van der Waals surface area contributed by atoms with E-state index >= 15 is 0 Å². The summed E-state index contributed by atoms with van der Waals surface area (Å²) in [6, 6.07) is 6.00. The summed E-state index contributed by atoms with van der Waals surface area (Å²) in [5, 5.41) is 3.08. The summed E-state index contributed by atoms with van der Waals surface area (Å²) in [4.78, 5) is 11.5. The second kappa shape index (κ2) is 5.90. The standard InChI is InChI=1S/C13H18N2O4S/c1-14-11-7-8-15(9-11)20(17,18)12-5-3-10(4-6-12)13(16)19-2/h3-6,11,14H,7-9H2,1-2H3. The van der Waals surface area contributed by atoms with Crippen molar-refractivity contribution in [3.05, 3.63) is 29.8 Å². The van der Waals surface area contributed by atoms with Gasteiger partial charge >= 0.3 is 5.97 Å². The molecule has 0 aromatic heterocycles. The molecule has 1 fully saturated rings. The van der Waals surface area contributed by atoms with Gasteiger partial charge in [-0.15, -0.1) is 0 Å². The molecule has 1 aromatic carbocycles. The van der Waals surface area contributed by atoms with Gasteiger partial charge in [-0.1, -0.05) is 0 Å². The van der Waals surface area contributed by atoms with Crippen LogP contribution in [0.4, 0.5) is 0 Å². The fourth-order valence-corrected chi connectivity index (χ4v) is 3.71. The zero-order valence-electron chi connectivity index (χ0n) is 11.5. The fraction of sp³-hybridized carbons (Fsp3) is 0.462. The molecule has 110 valence electrons. The Labute approximate surface area is 118 Å². The van der Waals surface area contributed by atoms with Crippen LogP contribution in [0.1, 0.15) is 16.8 Å². The minimum atomic E-state index is -3.49. The number of hydrogen-bond donors (Lipinski definition) is 1. The Hall–Kier alpha value is -1.44. The number of nitrogens with one attached hydrogen (secondary N) is 1. The van der Waals surface area contributed by atoms with Crippen LogP contribution in [0.25, 0.3) is 0 Å². The summed E-state index contributed by atoms with van der Waals surface area (Å²) in [5.74, 6) is -0.481. The molecule has 1 aromatic rings. The molecular weight excluding hydrogens is 280 g/mol. The molecule has 1 N–H and O–H groups in total. The lowest BCUT2D eigenvalue weighted by Gasteiger charge is -2.16. The summed E-state index contributed by atoms with van der Waals surface area (Å²) < 4.78 is 30.9. The molecular formula is C13H18N2O4S. The van der Waals surface area contributed by atoms with Crippen LogP contribution >= 0.6 is 0 Å². The number of methoxy groups -OCH3 is 1. The maximum absolute atomic E-state index is 12.4. The topological polar surface area (TPSA) is 75.7 Å². The van der Waals surface area contributed by atoms with E-state index in [0.717, 1.165) is 6.42 Å². The van der Waals surface area contributed by atoms with Crippen LogP contribution in [-0.4, -0.2) is 52.0 Å². The van der Waals surface area contributed by atoms with Gasteiger partial charge in [0.05, 0.1) is 17.6 Å². The Bertz CT molecular complexity index is 583. The number of sulfonamides is 1. The number of nitrogens with zero attached hydrogens (tertiary/aromatic N) is 1. The number of esters is 1. The van der Waals surface area contributed by atoms with E-state index in [-0.39, 0.29) is 10.9 Å². The van der Waals surface area contributed by atoms with Crippen LogP contribution in [0, 0.1) is 0 Å². The molecule has 0 aliphatic carbocycles. The second-order valence-corrected chi connectivity index (χ2v) is 6.59. The van der Waals surface area contributed by atoms with Crippen molar-refractivity contribution in [2.24, 2.45) is 0 Å². The first kappa shape index (κ1) is 15.0. The predicted molar refractivity (Wildman–Crippen MR) is 74.0 cm³/mol. The van der Waals surface area contributed by atoms with Crippen LogP contribution in [0.5, 0.6) is 0 Å². The van der Waals surface area contributed by atoms with Gasteiger partial charge < -0.3 is 10.1 Å². The molecule has 0 amide bonds. The van der Waals surface area contributed by atoms with E-state index in [1.807, 2.05) is 7.05 Å². The molecule has 1 heterocycles. The molecule has 0 radical (unpaired) electrons. The molecule has 1 unspecified atom stereocenters. The van der Waals surface area contributed by atoms with Gasteiger partial charge in [-0.05, 0) is 37.7 Å². The van der Waals surface area contributed by atoms with Crippen molar-refractivity contribution >= 4 is 16.0 Å². The monoisotopic (exact) mass is 298 g/mol. The van der Waals surface area contributed by atoms with E-state index < -0.39 is 16.0 Å². The van der Waals surface area contributed by atoms with Crippen molar-refractivity contribution in [1.29, 1.82) is 0 Å². The van der Waals surface area contributed by atoms with E-state index in [1.54, 1.807) is 0 Å². The molecule has 0 bridgehead atoms. The maximum Gasteiger partial charge on any atom is 0.337 e. The Morgan fingerprint density at radius 3 is 2.50 bits per heavy atom. The van der Waals surface area contributed by atoms with Crippen molar-refractivity contribution in [3.63, 3.8) is 0 Å². The molecule has 0 saturated carbocycles. The molecule has 1 saturated heterocycles. The lowest BCUT2D eigenvalue weighted by atomic mass is 10.2. The number of carbonyl (C=O) groups excluding carboxylic acids is 1. The van der Waals surface area contributed by atoms with Crippen LogP contribution in [-0.2, 0) is 14.8 Å². The Balaban J connectivity index is 2.20. The summed E-state index contributed by atoms with van der Waals surface area (Å²) in [5.41, 5.74) is 0.334. The third-order valence-electron chi connectivity index (χ3n) is 3.47. The van der Waals surface area contributed by atoms with Gasteiger partial charge in [0.25, 0.3) is 0 Å². The SMILES string of the molecule is CNC1CCN(S(=O)(=O)c2ccc(C(=O)OC)cc2)C1. The Morgan fingerprint density at radius 2 is 2.00 bits per heavy atom. The van der Waals surface area contributed by atoms with Gasteiger partial charge in [-0.25, -0.2) is 13.2 Å². The van der Waals surface area contributed by atoms with Crippen LogP contribution in [0.3, 0.4) is 0 Å². The number of likely N-dealkylation sites (N-methyl/N-ethyl adjacent to an activating group) is 1. The zero-order chi connectivity index (χ0) is 14.8. The lowest BCUT2D eigenvalue weighted by molar-refractivity contribution is 0.0600. The smallest absolute Gasteiger partial charge is 0.337 e. The van der Waals surface area contributed by atoms with Crippen molar-refractivity contribution < 1.29 is 17.9 Å². The molecule has 1 atom stereocenters. The highest BCUT2D eigenvalue weighted by molar-refractivity contribution is 7.89. The predicted octanol–water partition coefficient (Wildman–Crippen LogP) is 0.456. The highest BCUT2D eigenvalue weighted by atomic mass is 32.2. The van der Waals surface area contributed by atoms with Gasteiger partial charge in [0, 0.05) is 19.1 Å². The highest BCUT2D eigenvalue weighted by Crippen LogP contribution is 2.21. The van der Waals surface area contributed by atoms with E-state index in [9.17, 15) is 13.2 Å². The number of ether oxygens (including phenoxy) is 1. The fourth-order valence-electron chi connectivity index (χ4n) is 2.21. The van der Waals surface area contributed by atoms with Crippen molar-refractivity contribution in [1.82, 2.24) is 9.62 Å². The first-order valence-electron chi connectivity index (χ1n) is 6.35. The average Bonchev–Trinajstić information content (AvgIpc) is 2.96. The van der Waals surface area contributed by atoms with Crippen molar-refractivity contribution in [2.45, 2.75) is 17.4 Å². The first-order valence-corrected chi connectivity index (χ1v) is 7.79. The van der Waals surface area contributed by atoms with Gasteiger partial charge in [0.2, 0.25) is 10.0 Å². The molecule has 1 aliphatic heterocycles. The van der Waals surface area contributed by atoms with E-state index in [4.69, 9.17) is 0 Å². The molecule has 7 heteroatoms. The summed E-state index contributed by atoms with van der Waals surface area (Å²) >= 11 is 0. The summed E-state index contributed by atoms with van der Waals surface area (Å²) in [6.07, 6.45) is 0.802. The molecule has 1 aliphatic rings. The van der Waals surface area contributed by atoms with Crippen LogP contribution in [0.2, 0.25) is 0 Å². The third-order valence-corrected chi connectivity index (χ3v) is 5.35. The molecule has 0 spiro atoms. The Kier molecular flexibility index (Phi) is 4.42. The van der Waals surface area contributed by atoms with Crippen LogP contribution in [0.15, 0.2) is 29.2 Å². The third kappa shape index (κ3) is 2.84. The number of carbonyl (C=O) groups is 1. The van der Waals surface area contributed by atoms with E-state index in [2.05, 4.69) is 10.1 Å². The lowest BCUT2D eigenvalue weighted by Crippen LogP contribution is -2.33. The minimum Gasteiger partial charge on any atom is -0.465 e. The Morgan fingerprint density at radius 1 is 1.35 bits per heavy atom. The molecule has 6 nitrogen and oxygen atoms in total. The second-order valence-electron chi connectivity index (χ2n) is 4.65. The normalized spacial score (nSPS) is 20.0. The minimum absolute atomic E-state index is 0.194. The largest absolute Gasteiger partial charge is 0.465 e. The zero-order valence-corrected chi connectivity index (χ0v) is 12.3. The highest BCUT2D eigenvalue weighted by Gasteiger charge is 2.31. The number of rotatable bonds is 4. The van der Waals surface area contributed by atoms with Crippen molar-refractivity contribution in [2.75, 3.05) is 27.2 Å². The van der Waals surface area contributed by atoms with E-state index in [0.29, 0.717) is 18.7 Å². The first-order chi connectivity index (χ1) is 9.48. The van der Waals surface area contributed by atoms with Gasteiger partial charge in [-0.3, -0.25) is 0 Å². The summed E-state index contributed by atoms with van der Waals surface area (Å²) in [6.45, 7) is 0.976. The van der Waals surface area contributed by atoms with Crippen molar-refractivity contribution in [3.8, 4) is 0 Å². The van der Waals surface area contributed by atoms with Gasteiger partial charge in [0.15, 0.2) is 0 Å². The van der Waals surface area contributed by atoms with Gasteiger partial charge in [-0.2, -0.15) is 4.31 Å².